The number of fused-ring (bicyclic) bond motifs is 1. The molecule has 2 aliphatic rings. The summed E-state index contributed by atoms with van der Waals surface area (Å²) in [5.74, 6) is 19.5. The number of amides is 1. The molecule has 117 heavy (non-hydrogen) atoms. The van der Waals surface area contributed by atoms with Crippen molar-refractivity contribution in [2.45, 2.75) is 113 Å². The van der Waals surface area contributed by atoms with Crippen molar-refractivity contribution < 1.29 is 17.9 Å². The number of ether oxygens (including phenoxy) is 1. The minimum absolute atomic E-state index is 0.0545. The van der Waals surface area contributed by atoms with E-state index >= 15 is 0 Å². The SMILES string of the molecule is Cc1cc(C)cc(C#Cc2cccc(C)n2)c1.Cc1cc(C)cc(C#Cc2ccccn2)c1.Cc1cc(C)cc(C#Cc2csc(C)n2)c1.Cc1ccc(C(=O)N(C)c2nc(-c3cccc(NC(C)C)c3)cs2)cc1.Cc1ccccc1S(=O)(=O)N(C)c1cnc2c(N3CCN(C)CC3)cccc2c1.Cc1ncccc1OC[C@@H]1CCN1. The van der Waals surface area contributed by atoms with Gasteiger partial charge in [-0.25, -0.2) is 28.4 Å². The van der Waals surface area contributed by atoms with Gasteiger partial charge < -0.3 is 25.2 Å². The molecular weight excluding hydrogens is 1510 g/mol. The number of para-hydroxylation sites is 1. The smallest absolute Gasteiger partial charge is 0.264 e. The zero-order chi connectivity index (χ0) is 83.5. The number of likely N-dealkylation sites (N-methyl/N-ethyl adjacent to an activating group) is 1. The normalized spacial score (nSPS) is 12.6. The maximum atomic E-state index is 13.1. The molecule has 1 amide bonds. The molecule has 0 spiro atoms. The molecule has 598 valence electrons. The lowest BCUT2D eigenvalue weighted by Gasteiger charge is -2.34. The van der Waals surface area contributed by atoms with E-state index in [9.17, 15) is 13.2 Å². The molecule has 15 rings (SSSR count). The lowest BCUT2D eigenvalue weighted by molar-refractivity contribution is 0.0993. The summed E-state index contributed by atoms with van der Waals surface area (Å²) in [7, 11) is 1.83. The van der Waals surface area contributed by atoms with Crippen molar-refractivity contribution in [2.24, 2.45) is 0 Å². The van der Waals surface area contributed by atoms with Gasteiger partial charge in [-0.2, -0.15) is 0 Å². The zero-order valence-electron chi connectivity index (χ0n) is 69.9. The van der Waals surface area contributed by atoms with E-state index in [0.717, 1.165) is 140 Å². The van der Waals surface area contributed by atoms with E-state index in [4.69, 9.17) is 4.74 Å². The molecule has 0 unspecified atom stereocenters. The summed E-state index contributed by atoms with van der Waals surface area (Å²) in [4.78, 5) is 45.6. The molecule has 19 heteroatoms. The number of carbonyl (C=O) groups excluding carboxylic acids is 1. The number of rotatable bonds is 12. The number of hydrogen-bond acceptors (Lipinski definition) is 16. The Balaban J connectivity index is 0.000000151. The van der Waals surface area contributed by atoms with Crippen LogP contribution in [0.2, 0.25) is 0 Å². The largest absolute Gasteiger partial charge is 0.490 e. The van der Waals surface area contributed by atoms with Crippen LogP contribution in [0, 0.1) is 112 Å². The van der Waals surface area contributed by atoms with Crippen LogP contribution >= 0.6 is 22.7 Å². The number of nitrogens with zero attached hydrogens (tertiary/aromatic N) is 10. The maximum absolute atomic E-state index is 13.1. The van der Waals surface area contributed by atoms with E-state index in [1.165, 1.54) is 55.4 Å². The highest BCUT2D eigenvalue weighted by Crippen LogP contribution is 2.33. The zero-order valence-corrected chi connectivity index (χ0v) is 72.3. The van der Waals surface area contributed by atoms with Gasteiger partial charge in [0.15, 0.2) is 5.13 Å². The number of hydrogen-bond donors (Lipinski definition) is 2. The second kappa shape index (κ2) is 42.5. The Morgan fingerprint density at radius 3 is 1.74 bits per heavy atom. The Bertz CT molecular complexity index is 5780. The number of pyridine rings is 4. The summed E-state index contributed by atoms with van der Waals surface area (Å²) in [6.45, 7) is 32.3. The molecular formula is C98H104N12O4S3. The van der Waals surface area contributed by atoms with Gasteiger partial charge in [-0.15, -0.1) is 22.7 Å². The third-order valence-corrected chi connectivity index (χ3v) is 22.4. The molecule has 2 fully saturated rings. The molecule has 2 aliphatic heterocycles. The van der Waals surface area contributed by atoms with Crippen LogP contribution in [0.5, 0.6) is 5.75 Å². The minimum Gasteiger partial charge on any atom is -0.490 e. The number of piperazine rings is 1. The molecule has 8 heterocycles. The van der Waals surface area contributed by atoms with Gasteiger partial charge in [-0.1, -0.05) is 108 Å². The molecule has 1 atom stereocenters. The van der Waals surface area contributed by atoms with Gasteiger partial charge in [-0.3, -0.25) is 24.0 Å². The van der Waals surface area contributed by atoms with E-state index in [2.05, 4.69) is 215 Å². The molecule has 7 aromatic carbocycles. The fourth-order valence-electron chi connectivity index (χ4n) is 12.7. The van der Waals surface area contributed by atoms with Gasteiger partial charge >= 0.3 is 0 Å². The molecule has 0 saturated carbocycles. The first-order valence-electron chi connectivity index (χ1n) is 39.1. The topological polar surface area (TPSA) is 175 Å². The number of carbonyl (C=O) groups is 1. The van der Waals surface area contributed by atoms with Crippen LogP contribution in [0.15, 0.2) is 234 Å². The number of benzene rings is 7. The van der Waals surface area contributed by atoms with Gasteiger partial charge in [0.1, 0.15) is 29.4 Å². The van der Waals surface area contributed by atoms with Gasteiger partial charge in [0.2, 0.25) is 0 Å². The van der Waals surface area contributed by atoms with Gasteiger partial charge in [0, 0.05) is 120 Å². The average Bonchev–Trinajstić information content (AvgIpc) is 1.30. The Labute approximate surface area is 700 Å². The Morgan fingerprint density at radius 1 is 0.573 bits per heavy atom. The standard InChI is InChI=1S/C22H26N4O2S.C21H23N3OS.C16H15N.C15H13N.C14H13NS.C10H14N2O/c1-17-7-4-5-10-21(17)29(27,28)25(3)19-15-18-8-6-9-20(22(18)23-16-19)26-13-11-24(2)12-14-26;1-14(2)22-18-7-5-6-17(12-18)19-13-26-21(23-19)24(4)20(25)16-10-8-15(3)9-11-16;1-12-9-13(2)11-15(10-12)7-8-16-6-4-5-14(3)17-16;1-12-9-13(2)11-14(10-12)6-7-15-5-3-4-8-16-15;1-10-6-11(2)8-13(7-10)4-5-14-9-16-12(3)15-14;1-8-10(3-2-5-11-8)13-7-9-4-6-12-9/h4-10,15-16H,11-14H2,1-3H3;5-14,22H,1-4H3;4-6,9-11H,1-3H3;3-5,8-11H,1-2H3;6-9H,1-3H3;2-3,5,9,12H,4,6-7H2,1H3/t;;;;;9-/m.....0/s1. The average molecular weight is 1610 g/mol. The van der Waals surface area contributed by atoms with E-state index in [1.54, 1.807) is 61.1 Å². The molecule has 6 aromatic heterocycles. The van der Waals surface area contributed by atoms with E-state index < -0.39 is 10.0 Å². The highest BCUT2D eigenvalue weighted by molar-refractivity contribution is 7.92. The summed E-state index contributed by atoms with van der Waals surface area (Å²) < 4.78 is 33.2. The van der Waals surface area contributed by atoms with Crippen LogP contribution in [0.4, 0.5) is 22.2 Å². The van der Waals surface area contributed by atoms with Crippen molar-refractivity contribution in [2.75, 3.05) is 79.9 Å². The predicted molar refractivity (Wildman–Crippen MR) is 485 cm³/mol. The summed E-state index contributed by atoms with van der Waals surface area (Å²) in [5, 5.41) is 13.4. The summed E-state index contributed by atoms with van der Waals surface area (Å²) in [5.41, 5.74) is 23.1. The van der Waals surface area contributed by atoms with Gasteiger partial charge in [0.05, 0.1) is 44.4 Å². The second-order valence-electron chi connectivity index (χ2n) is 29.5. The first-order valence-corrected chi connectivity index (χ1v) is 42.3. The number of aryl methyl sites for hydroxylation is 11. The summed E-state index contributed by atoms with van der Waals surface area (Å²) >= 11 is 3.10. The maximum Gasteiger partial charge on any atom is 0.264 e. The van der Waals surface area contributed by atoms with Gasteiger partial charge in [-0.05, 0) is 282 Å². The molecule has 16 nitrogen and oxygen atoms in total. The molecule has 2 N–H and O–H groups in total. The molecule has 0 bridgehead atoms. The molecule has 2 saturated heterocycles. The van der Waals surface area contributed by atoms with Crippen molar-refractivity contribution in [3.63, 3.8) is 0 Å². The Kier molecular flexibility index (Phi) is 31.7. The number of nitrogens with one attached hydrogen (secondary N) is 2. The lowest BCUT2D eigenvalue weighted by Crippen LogP contribution is -2.46. The highest BCUT2D eigenvalue weighted by atomic mass is 32.2. The predicted octanol–water partition coefficient (Wildman–Crippen LogP) is 19.4. The van der Waals surface area contributed by atoms with Crippen molar-refractivity contribution in [1.82, 2.24) is 40.1 Å². The quantitative estimate of drug-likeness (QED) is 0.111. The molecule has 0 radical (unpaired) electrons. The van der Waals surface area contributed by atoms with E-state index in [-0.39, 0.29) is 5.91 Å². The van der Waals surface area contributed by atoms with Crippen LogP contribution in [-0.2, 0) is 10.0 Å². The molecule has 13 aromatic rings. The van der Waals surface area contributed by atoms with Crippen LogP contribution < -0.4 is 29.5 Å². The monoisotopic (exact) mass is 1610 g/mol. The lowest BCUT2D eigenvalue weighted by atomic mass is 10.1. The third-order valence-electron chi connectivity index (χ3n) is 18.8. The van der Waals surface area contributed by atoms with Crippen molar-refractivity contribution in [3.05, 3.63) is 330 Å². The summed E-state index contributed by atoms with van der Waals surface area (Å²) in [6, 6.07) is 66.2. The fraction of sp³-hybridized carbons (Fsp3) is 0.255. The number of thiazole rings is 2. The third kappa shape index (κ3) is 26.7. The van der Waals surface area contributed by atoms with Crippen LogP contribution in [0.3, 0.4) is 0 Å². The van der Waals surface area contributed by atoms with E-state index in [1.807, 2.05) is 167 Å². The molecule has 0 aliphatic carbocycles. The number of aromatic nitrogens is 6. The first kappa shape index (κ1) is 87.3. The second-order valence-corrected chi connectivity index (χ2v) is 33.4. The van der Waals surface area contributed by atoms with Crippen molar-refractivity contribution in [1.29, 1.82) is 0 Å². The Hall–Kier alpha value is -12.1. The van der Waals surface area contributed by atoms with Crippen molar-refractivity contribution >= 4 is 71.7 Å². The van der Waals surface area contributed by atoms with Crippen molar-refractivity contribution in [3.8, 4) is 52.5 Å². The number of sulfonamides is 1. The van der Waals surface area contributed by atoms with Gasteiger partial charge in [0.25, 0.3) is 15.9 Å². The first-order chi connectivity index (χ1) is 56.2. The fourth-order valence-corrected chi connectivity index (χ4v) is 15.4. The van der Waals surface area contributed by atoms with Crippen LogP contribution in [-0.4, -0.2) is 122 Å². The summed E-state index contributed by atoms with van der Waals surface area (Å²) in [6.07, 6.45) is 6.41. The highest BCUT2D eigenvalue weighted by Gasteiger charge is 2.25. The number of anilines is 4. The van der Waals surface area contributed by atoms with Crippen LogP contribution in [0.25, 0.3) is 22.2 Å². The minimum atomic E-state index is -3.65. The van der Waals surface area contributed by atoms with Crippen LogP contribution in [0.1, 0.15) is 125 Å². The Morgan fingerprint density at radius 2 is 1.16 bits per heavy atom. The van der Waals surface area contributed by atoms with E-state index in [0.29, 0.717) is 33.4 Å².